The van der Waals surface area contributed by atoms with E-state index in [0.29, 0.717) is 39.5 Å². The second kappa shape index (κ2) is 6.55. The molecular formula is C20H16FN7O. The van der Waals surface area contributed by atoms with Crippen LogP contribution in [-0.4, -0.2) is 34.6 Å². The average Bonchev–Trinajstić information content (AvgIpc) is 3.33. The summed E-state index contributed by atoms with van der Waals surface area (Å²) in [6, 6.07) is 10.9. The molecule has 0 amide bonds. The molecule has 0 saturated heterocycles. The third-order valence-corrected chi connectivity index (χ3v) is 4.69. The summed E-state index contributed by atoms with van der Waals surface area (Å²) in [5.74, 6) is 0.978. The number of hydrogen-bond acceptors (Lipinski definition) is 6. The molecule has 8 nitrogen and oxygen atoms in total. The number of benzene rings is 2. The number of rotatable bonds is 4. The van der Waals surface area contributed by atoms with Crippen LogP contribution in [0.5, 0.6) is 5.75 Å². The minimum atomic E-state index is -0.360. The van der Waals surface area contributed by atoms with Crippen LogP contribution in [0.2, 0.25) is 0 Å². The van der Waals surface area contributed by atoms with Gasteiger partial charge in [-0.05, 0) is 31.2 Å². The van der Waals surface area contributed by atoms with E-state index in [4.69, 9.17) is 4.98 Å². The van der Waals surface area contributed by atoms with E-state index in [2.05, 4.69) is 25.3 Å². The van der Waals surface area contributed by atoms with Gasteiger partial charge in [-0.2, -0.15) is 0 Å². The number of aromatic hydroxyl groups is 1. The van der Waals surface area contributed by atoms with Crippen LogP contribution in [0.4, 0.5) is 10.2 Å². The van der Waals surface area contributed by atoms with Gasteiger partial charge in [0.05, 0.1) is 29.1 Å². The number of aromatic nitrogens is 6. The van der Waals surface area contributed by atoms with E-state index in [1.54, 1.807) is 30.6 Å². The van der Waals surface area contributed by atoms with Crippen molar-refractivity contribution in [1.82, 2.24) is 29.5 Å². The molecule has 3 heterocycles. The topological polar surface area (TPSA) is 105 Å². The Morgan fingerprint density at radius 1 is 1.14 bits per heavy atom. The number of imidazole rings is 2. The quantitative estimate of drug-likeness (QED) is 0.433. The van der Waals surface area contributed by atoms with Crippen LogP contribution < -0.4 is 5.32 Å². The highest BCUT2D eigenvalue weighted by Crippen LogP contribution is 2.29. The molecule has 5 aromatic rings. The lowest BCUT2D eigenvalue weighted by atomic mass is 10.2. The summed E-state index contributed by atoms with van der Waals surface area (Å²) in [6.45, 7) is 1.93. The Bertz CT molecular complexity index is 1340. The first-order chi connectivity index (χ1) is 14.1. The van der Waals surface area contributed by atoms with Crippen molar-refractivity contribution in [3.63, 3.8) is 0 Å². The first-order valence-electron chi connectivity index (χ1n) is 8.98. The Balaban J connectivity index is 1.66. The van der Waals surface area contributed by atoms with Crippen molar-refractivity contribution in [2.75, 3.05) is 5.32 Å². The summed E-state index contributed by atoms with van der Waals surface area (Å²) >= 11 is 0. The smallest absolute Gasteiger partial charge is 0.182 e. The number of halogens is 1. The summed E-state index contributed by atoms with van der Waals surface area (Å²) in [7, 11) is 0. The lowest BCUT2D eigenvalue weighted by Crippen LogP contribution is -2.14. The van der Waals surface area contributed by atoms with E-state index >= 15 is 0 Å². The molecule has 0 spiro atoms. The van der Waals surface area contributed by atoms with Crippen LogP contribution in [0.1, 0.15) is 18.8 Å². The van der Waals surface area contributed by atoms with Crippen molar-refractivity contribution < 1.29 is 9.50 Å². The Hall–Kier alpha value is -4.01. The van der Waals surface area contributed by atoms with Crippen molar-refractivity contribution >= 4 is 28.0 Å². The van der Waals surface area contributed by atoms with E-state index in [-0.39, 0.29) is 17.6 Å². The number of phenolic OH excluding ortho intramolecular Hbond substituents is 1. The van der Waals surface area contributed by atoms with E-state index in [9.17, 15) is 9.50 Å². The monoisotopic (exact) mass is 389 g/mol. The Labute approximate surface area is 164 Å². The molecule has 9 heteroatoms. The first kappa shape index (κ1) is 17.1. The molecule has 1 atom stereocenters. The first-order valence-corrected chi connectivity index (χ1v) is 8.98. The van der Waals surface area contributed by atoms with Gasteiger partial charge in [-0.1, -0.05) is 6.07 Å². The number of hydrogen-bond donors (Lipinski definition) is 3. The second-order valence-electron chi connectivity index (χ2n) is 6.65. The third kappa shape index (κ3) is 2.92. The lowest BCUT2D eigenvalue weighted by Gasteiger charge is -2.17. The van der Waals surface area contributed by atoms with Crippen LogP contribution in [0.25, 0.3) is 27.9 Å². The standard InChI is InChI=1S/C20H16FN7O/c1-11(26-19-17-18(23-9-22-17)24-10-25-19)20-27-15-6-5-12(21)7-16(15)28(20)13-3-2-4-14(29)8-13/h2-11,29H,1H3,(H2,22,23,24,25,26). The number of anilines is 1. The summed E-state index contributed by atoms with van der Waals surface area (Å²) in [5, 5.41) is 13.3. The molecule has 0 aliphatic rings. The molecule has 0 fully saturated rings. The zero-order valence-corrected chi connectivity index (χ0v) is 15.3. The number of aromatic amines is 1. The maximum Gasteiger partial charge on any atom is 0.182 e. The molecule has 1 unspecified atom stereocenters. The molecule has 0 aliphatic heterocycles. The van der Waals surface area contributed by atoms with E-state index < -0.39 is 0 Å². The molecule has 144 valence electrons. The van der Waals surface area contributed by atoms with Crippen molar-refractivity contribution in [2.45, 2.75) is 13.0 Å². The molecule has 0 radical (unpaired) electrons. The van der Waals surface area contributed by atoms with Gasteiger partial charge in [0.1, 0.15) is 29.2 Å². The molecule has 3 aromatic heterocycles. The predicted molar refractivity (Wildman–Crippen MR) is 106 cm³/mol. The van der Waals surface area contributed by atoms with Gasteiger partial charge < -0.3 is 15.4 Å². The fourth-order valence-electron chi connectivity index (χ4n) is 3.41. The Kier molecular flexibility index (Phi) is 3.87. The highest BCUT2D eigenvalue weighted by molar-refractivity contribution is 5.82. The number of phenols is 1. The van der Waals surface area contributed by atoms with Crippen LogP contribution in [-0.2, 0) is 0 Å². The van der Waals surface area contributed by atoms with Gasteiger partial charge >= 0.3 is 0 Å². The van der Waals surface area contributed by atoms with Crippen LogP contribution in [0.15, 0.2) is 55.1 Å². The van der Waals surface area contributed by atoms with E-state index in [1.165, 1.54) is 18.5 Å². The molecule has 3 N–H and O–H groups in total. The van der Waals surface area contributed by atoms with Gasteiger partial charge in [0.2, 0.25) is 0 Å². The molecule has 0 bridgehead atoms. The number of H-pyrrole nitrogens is 1. The average molecular weight is 389 g/mol. The molecule has 5 rings (SSSR count). The van der Waals surface area contributed by atoms with Crippen molar-refractivity contribution in [1.29, 1.82) is 0 Å². The van der Waals surface area contributed by atoms with Gasteiger partial charge in [-0.25, -0.2) is 24.3 Å². The van der Waals surface area contributed by atoms with Crippen LogP contribution in [0, 0.1) is 5.82 Å². The van der Waals surface area contributed by atoms with Gasteiger partial charge in [0.15, 0.2) is 11.5 Å². The molecular weight excluding hydrogens is 373 g/mol. The molecule has 29 heavy (non-hydrogen) atoms. The van der Waals surface area contributed by atoms with Crippen molar-refractivity contribution in [3.05, 3.63) is 66.8 Å². The highest BCUT2D eigenvalue weighted by atomic mass is 19.1. The predicted octanol–water partition coefficient (Wildman–Crippen LogP) is 3.71. The highest BCUT2D eigenvalue weighted by Gasteiger charge is 2.20. The maximum atomic E-state index is 14.0. The SMILES string of the molecule is CC(Nc1ncnc2nc[nH]c12)c1nc2ccc(F)cc2n1-c1cccc(O)c1. The number of nitrogens with zero attached hydrogens (tertiary/aromatic N) is 5. The molecule has 0 saturated carbocycles. The lowest BCUT2D eigenvalue weighted by molar-refractivity contribution is 0.475. The maximum absolute atomic E-state index is 14.0. The van der Waals surface area contributed by atoms with Gasteiger partial charge in [-0.15, -0.1) is 0 Å². The van der Waals surface area contributed by atoms with E-state index in [1.807, 2.05) is 17.6 Å². The van der Waals surface area contributed by atoms with Crippen LogP contribution in [0.3, 0.4) is 0 Å². The fourth-order valence-corrected chi connectivity index (χ4v) is 3.41. The zero-order valence-electron chi connectivity index (χ0n) is 15.3. The van der Waals surface area contributed by atoms with Gasteiger partial charge in [0.25, 0.3) is 0 Å². The van der Waals surface area contributed by atoms with E-state index in [0.717, 1.165) is 0 Å². The summed E-state index contributed by atoms with van der Waals surface area (Å²) in [4.78, 5) is 20.3. The minimum Gasteiger partial charge on any atom is -0.508 e. The van der Waals surface area contributed by atoms with Crippen molar-refractivity contribution in [2.24, 2.45) is 0 Å². The normalized spacial score (nSPS) is 12.5. The summed E-state index contributed by atoms with van der Waals surface area (Å²) in [5.41, 5.74) is 3.17. The number of nitrogens with one attached hydrogen (secondary N) is 2. The summed E-state index contributed by atoms with van der Waals surface area (Å²) in [6.07, 6.45) is 2.99. The largest absolute Gasteiger partial charge is 0.508 e. The third-order valence-electron chi connectivity index (χ3n) is 4.69. The Morgan fingerprint density at radius 2 is 2.03 bits per heavy atom. The molecule has 0 aliphatic carbocycles. The minimum absolute atomic E-state index is 0.113. The molecule has 2 aromatic carbocycles. The number of fused-ring (bicyclic) bond motifs is 2. The van der Waals surface area contributed by atoms with Crippen LogP contribution >= 0.6 is 0 Å². The van der Waals surface area contributed by atoms with Gasteiger partial charge in [0, 0.05) is 12.1 Å². The second-order valence-corrected chi connectivity index (χ2v) is 6.65. The van der Waals surface area contributed by atoms with Crippen molar-refractivity contribution in [3.8, 4) is 11.4 Å². The Morgan fingerprint density at radius 3 is 2.90 bits per heavy atom. The fraction of sp³-hybridized carbons (Fsp3) is 0.100. The zero-order chi connectivity index (χ0) is 20.0. The summed E-state index contributed by atoms with van der Waals surface area (Å²) < 4.78 is 15.8. The van der Waals surface area contributed by atoms with Gasteiger partial charge in [-0.3, -0.25) is 4.57 Å².